The van der Waals surface area contributed by atoms with E-state index in [2.05, 4.69) is 4.98 Å². The number of hydrogen-bond acceptors (Lipinski definition) is 3. The lowest BCUT2D eigenvalue weighted by Gasteiger charge is -2.02. The van der Waals surface area contributed by atoms with Gasteiger partial charge in [-0.2, -0.15) is 0 Å². The van der Waals surface area contributed by atoms with Gasteiger partial charge < -0.3 is 14.5 Å². The lowest BCUT2D eigenvalue weighted by atomic mass is 10.1. The molecule has 19 heavy (non-hydrogen) atoms. The number of hydrogen-bond donors (Lipinski definition) is 1. The fourth-order valence-electron chi connectivity index (χ4n) is 2.34. The Morgan fingerprint density at radius 1 is 1.11 bits per heavy atom. The smallest absolute Gasteiger partial charge is 0.337 e. The normalized spacial score (nSPS) is 10.8. The van der Waals surface area contributed by atoms with Crippen molar-refractivity contribution >= 4 is 27.8 Å². The third-order valence-corrected chi connectivity index (χ3v) is 3.23. The average Bonchev–Trinajstić information content (AvgIpc) is 2.83. The van der Waals surface area contributed by atoms with Gasteiger partial charge in [0.25, 0.3) is 0 Å². The predicted molar refractivity (Wildman–Crippen MR) is 73.7 cm³/mol. The molecule has 4 nitrogen and oxygen atoms in total. The molecule has 0 spiro atoms. The van der Waals surface area contributed by atoms with E-state index in [0.29, 0.717) is 5.56 Å². The van der Waals surface area contributed by atoms with Gasteiger partial charge in [0, 0.05) is 16.3 Å². The summed E-state index contributed by atoms with van der Waals surface area (Å²) in [6, 6.07) is 11.3. The predicted octanol–water partition coefficient (Wildman–Crippen LogP) is 3.12. The molecule has 96 valence electrons. The number of ether oxygens (including phenoxy) is 2. The van der Waals surface area contributed by atoms with Crippen LogP contribution >= 0.6 is 0 Å². The highest BCUT2D eigenvalue weighted by Gasteiger charge is 2.12. The fraction of sp³-hybridized carbons (Fsp3) is 0.133. The highest BCUT2D eigenvalue weighted by molar-refractivity contribution is 6.11. The summed E-state index contributed by atoms with van der Waals surface area (Å²) in [6.07, 6.45) is 0. The summed E-state index contributed by atoms with van der Waals surface area (Å²) in [6.45, 7) is 0. The van der Waals surface area contributed by atoms with Crippen LogP contribution in [0.25, 0.3) is 21.8 Å². The topological polar surface area (TPSA) is 51.3 Å². The summed E-state index contributed by atoms with van der Waals surface area (Å²) in [5.74, 6) is 0.474. The summed E-state index contributed by atoms with van der Waals surface area (Å²) >= 11 is 0. The van der Waals surface area contributed by atoms with Crippen molar-refractivity contribution in [1.29, 1.82) is 0 Å². The minimum Gasteiger partial charge on any atom is -0.496 e. The first-order valence-electron chi connectivity index (χ1n) is 5.91. The van der Waals surface area contributed by atoms with Crippen LogP contribution in [0.3, 0.4) is 0 Å². The highest BCUT2D eigenvalue weighted by atomic mass is 16.5. The Hall–Kier alpha value is -2.49. The van der Waals surface area contributed by atoms with E-state index < -0.39 is 0 Å². The van der Waals surface area contributed by atoms with Gasteiger partial charge in [-0.3, -0.25) is 0 Å². The van der Waals surface area contributed by atoms with Crippen molar-refractivity contribution < 1.29 is 14.3 Å². The Labute approximate surface area is 109 Å². The maximum atomic E-state index is 11.5. The molecule has 0 amide bonds. The monoisotopic (exact) mass is 255 g/mol. The molecular weight excluding hydrogens is 242 g/mol. The van der Waals surface area contributed by atoms with Crippen LogP contribution in [-0.2, 0) is 4.74 Å². The molecule has 0 saturated heterocycles. The number of rotatable bonds is 2. The van der Waals surface area contributed by atoms with E-state index in [1.165, 1.54) is 7.11 Å². The van der Waals surface area contributed by atoms with Crippen LogP contribution in [0.5, 0.6) is 5.75 Å². The summed E-state index contributed by atoms with van der Waals surface area (Å²) < 4.78 is 10.1. The van der Waals surface area contributed by atoms with E-state index in [1.807, 2.05) is 24.3 Å². The van der Waals surface area contributed by atoms with E-state index >= 15 is 0 Å². The van der Waals surface area contributed by atoms with Crippen LogP contribution in [-0.4, -0.2) is 25.2 Å². The van der Waals surface area contributed by atoms with Crippen LogP contribution in [0.1, 0.15) is 10.4 Å². The van der Waals surface area contributed by atoms with Crippen molar-refractivity contribution in [3.8, 4) is 5.75 Å². The molecule has 4 heteroatoms. The Morgan fingerprint density at radius 2 is 1.95 bits per heavy atom. The Morgan fingerprint density at radius 3 is 2.68 bits per heavy atom. The van der Waals surface area contributed by atoms with E-state index in [4.69, 9.17) is 9.47 Å². The molecule has 0 saturated carbocycles. The molecule has 3 aromatic rings. The molecule has 0 aliphatic heterocycles. The van der Waals surface area contributed by atoms with Crippen molar-refractivity contribution in [2.45, 2.75) is 0 Å². The molecule has 0 unspecified atom stereocenters. The van der Waals surface area contributed by atoms with E-state index in [-0.39, 0.29) is 5.97 Å². The Bertz CT molecular complexity index is 774. The van der Waals surface area contributed by atoms with Gasteiger partial charge in [0.1, 0.15) is 5.75 Å². The second-order valence-electron chi connectivity index (χ2n) is 4.26. The molecule has 1 aromatic heterocycles. The number of H-pyrrole nitrogens is 1. The standard InChI is InChI=1S/C15H13NO3/c1-18-13-5-3-4-11-14(13)10-7-6-9(15(17)19-2)8-12(10)16-11/h3-8,16H,1-2H3. The second-order valence-corrected chi connectivity index (χ2v) is 4.26. The molecule has 1 heterocycles. The molecule has 0 bridgehead atoms. The van der Waals surface area contributed by atoms with Gasteiger partial charge in [0.2, 0.25) is 0 Å². The van der Waals surface area contributed by atoms with Gasteiger partial charge in [-0.05, 0) is 24.3 Å². The van der Waals surface area contributed by atoms with Gasteiger partial charge in [0.05, 0.1) is 25.3 Å². The molecule has 0 radical (unpaired) electrons. The summed E-state index contributed by atoms with van der Waals surface area (Å²) in [5.41, 5.74) is 2.40. The van der Waals surface area contributed by atoms with Crippen molar-refractivity contribution in [3.05, 3.63) is 42.0 Å². The van der Waals surface area contributed by atoms with Crippen LogP contribution in [0, 0.1) is 0 Å². The van der Waals surface area contributed by atoms with E-state index in [0.717, 1.165) is 27.6 Å². The zero-order chi connectivity index (χ0) is 13.4. The van der Waals surface area contributed by atoms with E-state index in [1.54, 1.807) is 19.2 Å². The molecule has 0 atom stereocenters. The summed E-state index contributed by atoms with van der Waals surface area (Å²) in [7, 11) is 3.02. The maximum Gasteiger partial charge on any atom is 0.337 e. The van der Waals surface area contributed by atoms with Gasteiger partial charge in [-0.25, -0.2) is 4.79 Å². The van der Waals surface area contributed by atoms with Gasteiger partial charge in [-0.15, -0.1) is 0 Å². The Kier molecular flexibility index (Phi) is 2.63. The van der Waals surface area contributed by atoms with Gasteiger partial charge in [-0.1, -0.05) is 12.1 Å². The van der Waals surface area contributed by atoms with Crippen LogP contribution < -0.4 is 4.74 Å². The van der Waals surface area contributed by atoms with Crippen molar-refractivity contribution in [3.63, 3.8) is 0 Å². The number of aromatic amines is 1. The SMILES string of the molecule is COC(=O)c1ccc2c(c1)[nH]c1cccc(OC)c12. The molecule has 0 aliphatic carbocycles. The number of fused-ring (bicyclic) bond motifs is 3. The summed E-state index contributed by atoms with van der Waals surface area (Å²) in [5, 5.41) is 2.05. The number of methoxy groups -OCH3 is 2. The first-order chi connectivity index (χ1) is 9.24. The van der Waals surface area contributed by atoms with Crippen LogP contribution in [0.4, 0.5) is 0 Å². The minimum atomic E-state index is -0.340. The highest BCUT2D eigenvalue weighted by Crippen LogP contribution is 2.33. The third-order valence-electron chi connectivity index (χ3n) is 3.23. The molecule has 1 N–H and O–H groups in total. The average molecular weight is 255 g/mol. The van der Waals surface area contributed by atoms with Crippen LogP contribution in [0.15, 0.2) is 36.4 Å². The number of carbonyl (C=O) groups is 1. The number of carbonyl (C=O) groups excluding carboxylic acids is 1. The molecular formula is C15H13NO3. The molecule has 3 rings (SSSR count). The quantitative estimate of drug-likeness (QED) is 0.716. The zero-order valence-corrected chi connectivity index (χ0v) is 10.7. The van der Waals surface area contributed by atoms with E-state index in [9.17, 15) is 4.79 Å². The van der Waals surface area contributed by atoms with Crippen molar-refractivity contribution in [2.75, 3.05) is 14.2 Å². The fourth-order valence-corrected chi connectivity index (χ4v) is 2.34. The Balaban J connectivity index is 2.32. The number of benzene rings is 2. The maximum absolute atomic E-state index is 11.5. The second kappa shape index (κ2) is 4.31. The lowest BCUT2D eigenvalue weighted by molar-refractivity contribution is 0.0601. The molecule has 2 aromatic carbocycles. The van der Waals surface area contributed by atoms with Crippen molar-refractivity contribution in [2.24, 2.45) is 0 Å². The molecule has 0 aliphatic rings. The lowest BCUT2D eigenvalue weighted by Crippen LogP contribution is -2.00. The zero-order valence-electron chi connectivity index (χ0n) is 10.7. The largest absolute Gasteiger partial charge is 0.496 e. The molecule has 0 fully saturated rings. The van der Waals surface area contributed by atoms with Gasteiger partial charge >= 0.3 is 5.97 Å². The van der Waals surface area contributed by atoms with Gasteiger partial charge in [0.15, 0.2) is 0 Å². The number of aromatic nitrogens is 1. The van der Waals surface area contributed by atoms with Crippen molar-refractivity contribution in [1.82, 2.24) is 4.98 Å². The summed E-state index contributed by atoms with van der Waals surface area (Å²) in [4.78, 5) is 14.8. The first-order valence-corrected chi connectivity index (χ1v) is 5.91. The number of nitrogens with one attached hydrogen (secondary N) is 1. The third kappa shape index (κ3) is 1.73. The van der Waals surface area contributed by atoms with Crippen LogP contribution in [0.2, 0.25) is 0 Å². The first kappa shape index (κ1) is 11.6. The number of esters is 1. The minimum absolute atomic E-state index is 0.340.